The third-order valence-corrected chi connectivity index (χ3v) is 3.31. The molecule has 1 aliphatic heterocycles. The summed E-state index contributed by atoms with van der Waals surface area (Å²) >= 11 is 0. The molecule has 0 saturated carbocycles. The van der Waals surface area contributed by atoms with Gasteiger partial charge in [-0.2, -0.15) is 0 Å². The number of rotatable bonds is 4. The Kier molecular flexibility index (Phi) is 3.57. The van der Waals surface area contributed by atoms with Gasteiger partial charge in [0.25, 0.3) is 5.91 Å². The molecule has 0 radical (unpaired) electrons. The van der Waals surface area contributed by atoms with E-state index in [9.17, 15) is 9.90 Å². The number of nitrogens with zero attached hydrogens (tertiary/aromatic N) is 1. The van der Waals surface area contributed by atoms with Crippen molar-refractivity contribution < 1.29 is 14.6 Å². The van der Waals surface area contributed by atoms with Crippen molar-refractivity contribution in [1.29, 1.82) is 0 Å². The Hall–Kier alpha value is -1.55. The van der Waals surface area contributed by atoms with E-state index in [2.05, 4.69) is 0 Å². The molecule has 4 nitrogen and oxygen atoms in total. The van der Waals surface area contributed by atoms with Crippen molar-refractivity contribution in [1.82, 2.24) is 4.90 Å². The molecule has 1 fully saturated rings. The number of hydrogen-bond donors (Lipinski definition) is 1. The Morgan fingerprint density at radius 3 is 2.72 bits per heavy atom. The predicted octanol–water partition coefficient (Wildman–Crippen LogP) is 1.68. The lowest BCUT2D eigenvalue weighted by Crippen LogP contribution is -2.63. The molecule has 0 aliphatic carbocycles. The molecule has 1 saturated heterocycles. The highest BCUT2D eigenvalue weighted by Gasteiger charge is 2.43. The second-order valence-corrected chi connectivity index (χ2v) is 4.84. The normalized spacial score (nSPS) is 17.2. The SMILES string of the molecule is CCCC1(O)CN(C(=O)c2ccccc2OC)C1. The van der Waals surface area contributed by atoms with Crippen molar-refractivity contribution in [2.75, 3.05) is 20.2 Å². The summed E-state index contributed by atoms with van der Waals surface area (Å²) < 4.78 is 5.17. The standard InChI is InChI=1S/C14H19NO3/c1-3-8-14(17)9-15(10-14)13(16)11-6-4-5-7-12(11)18-2/h4-7,17H,3,8-10H2,1-2H3. The maximum Gasteiger partial charge on any atom is 0.257 e. The largest absolute Gasteiger partial charge is 0.496 e. The van der Waals surface area contributed by atoms with Gasteiger partial charge >= 0.3 is 0 Å². The summed E-state index contributed by atoms with van der Waals surface area (Å²) in [6.45, 7) is 2.86. The molecule has 1 aliphatic rings. The Labute approximate surface area is 107 Å². The molecular weight excluding hydrogens is 230 g/mol. The van der Waals surface area contributed by atoms with Crippen LogP contribution in [-0.2, 0) is 0 Å². The summed E-state index contributed by atoms with van der Waals surface area (Å²) in [6.07, 6.45) is 1.66. The summed E-state index contributed by atoms with van der Waals surface area (Å²) in [7, 11) is 1.55. The Morgan fingerprint density at radius 1 is 1.44 bits per heavy atom. The van der Waals surface area contributed by atoms with Gasteiger partial charge in [0.2, 0.25) is 0 Å². The number of methoxy groups -OCH3 is 1. The van der Waals surface area contributed by atoms with Gasteiger partial charge in [0.1, 0.15) is 5.75 Å². The molecule has 1 amide bonds. The fourth-order valence-corrected chi connectivity index (χ4v) is 2.42. The third-order valence-electron chi connectivity index (χ3n) is 3.31. The smallest absolute Gasteiger partial charge is 0.257 e. The van der Waals surface area contributed by atoms with Crippen molar-refractivity contribution in [2.24, 2.45) is 0 Å². The molecule has 0 bridgehead atoms. The number of amides is 1. The molecule has 1 aromatic carbocycles. The van der Waals surface area contributed by atoms with E-state index in [1.54, 1.807) is 24.1 Å². The van der Waals surface area contributed by atoms with Crippen LogP contribution in [0, 0.1) is 0 Å². The summed E-state index contributed by atoms with van der Waals surface area (Å²) in [5.74, 6) is 0.502. The van der Waals surface area contributed by atoms with E-state index in [-0.39, 0.29) is 5.91 Å². The van der Waals surface area contributed by atoms with Crippen LogP contribution in [0.3, 0.4) is 0 Å². The lowest BCUT2D eigenvalue weighted by atomic mass is 9.88. The fraction of sp³-hybridized carbons (Fsp3) is 0.500. The van der Waals surface area contributed by atoms with E-state index in [1.165, 1.54) is 0 Å². The van der Waals surface area contributed by atoms with Gasteiger partial charge in [0.15, 0.2) is 0 Å². The van der Waals surface area contributed by atoms with Crippen LogP contribution in [0.5, 0.6) is 5.75 Å². The number of β-amino-alcohol motifs (C(OH)–C–C–N with tert-alkyl or cyclic N) is 1. The minimum Gasteiger partial charge on any atom is -0.496 e. The number of benzene rings is 1. The van der Waals surface area contributed by atoms with E-state index >= 15 is 0 Å². The van der Waals surface area contributed by atoms with Crippen LogP contribution in [0.1, 0.15) is 30.1 Å². The van der Waals surface area contributed by atoms with Gasteiger partial charge in [-0.25, -0.2) is 0 Å². The number of hydrogen-bond acceptors (Lipinski definition) is 3. The van der Waals surface area contributed by atoms with Crippen molar-refractivity contribution in [3.05, 3.63) is 29.8 Å². The maximum atomic E-state index is 12.2. The number of carbonyl (C=O) groups is 1. The minimum atomic E-state index is -0.688. The van der Waals surface area contributed by atoms with Crippen LogP contribution in [-0.4, -0.2) is 41.7 Å². The number of para-hydroxylation sites is 1. The first-order valence-electron chi connectivity index (χ1n) is 6.24. The zero-order valence-corrected chi connectivity index (χ0v) is 10.8. The molecule has 98 valence electrons. The van der Waals surface area contributed by atoms with E-state index in [4.69, 9.17) is 4.74 Å². The summed E-state index contributed by atoms with van der Waals surface area (Å²) in [6, 6.07) is 7.16. The minimum absolute atomic E-state index is 0.0757. The molecular formula is C14H19NO3. The lowest BCUT2D eigenvalue weighted by molar-refractivity contribution is -0.0860. The zero-order chi connectivity index (χ0) is 13.2. The lowest BCUT2D eigenvalue weighted by Gasteiger charge is -2.46. The van der Waals surface area contributed by atoms with Crippen molar-refractivity contribution in [2.45, 2.75) is 25.4 Å². The first kappa shape index (κ1) is 12.9. The molecule has 2 rings (SSSR count). The van der Waals surface area contributed by atoms with Crippen molar-refractivity contribution in [3.8, 4) is 5.75 Å². The maximum absolute atomic E-state index is 12.2. The topological polar surface area (TPSA) is 49.8 Å². The van der Waals surface area contributed by atoms with Crippen molar-refractivity contribution >= 4 is 5.91 Å². The van der Waals surface area contributed by atoms with E-state index in [0.717, 1.165) is 12.8 Å². The van der Waals surface area contributed by atoms with Crippen LogP contribution < -0.4 is 4.74 Å². The molecule has 0 aromatic heterocycles. The summed E-state index contributed by atoms with van der Waals surface area (Å²) in [5, 5.41) is 10.1. The molecule has 0 atom stereocenters. The zero-order valence-electron chi connectivity index (χ0n) is 10.8. The second kappa shape index (κ2) is 4.98. The highest BCUT2D eigenvalue weighted by atomic mass is 16.5. The monoisotopic (exact) mass is 249 g/mol. The molecule has 1 aromatic rings. The second-order valence-electron chi connectivity index (χ2n) is 4.84. The van der Waals surface area contributed by atoms with Crippen LogP contribution >= 0.6 is 0 Å². The molecule has 1 N–H and O–H groups in total. The van der Waals surface area contributed by atoms with Gasteiger partial charge in [0.05, 0.1) is 31.4 Å². The number of carbonyl (C=O) groups excluding carboxylic acids is 1. The van der Waals surface area contributed by atoms with Crippen molar-refractivity contribution in [3.63, 3.8) is 0 Å². The fourth-order valence-electron chi connectivity index (χ4n) is 2.42. The Bertz CT molecular complexity index is 438. The first-order valence-corrected chi connectivity index (χ1v) is 6.24. The van der Waals surface area contributed by atoms with Crippen LogP contribution in [0.4, 0.5) is 0 Å². The highest BCUT2D eigenvalue weighted by molar-refractivity contribution is 5.97. The van der Waals surface area contributed by atoms with Gasteiger partial charge in [-0.1, -0.05) is 25.5 Å². The average molecular weight is 249 g/mol. The van der Waals surface area contributed by atoms with Gasteiger partial charge in [-0.15, -0.1) is 0 Å². The van der Waals surface area contributed by atoms with Gasteiger partial charge in [-0.3, -0.25) is 4.79 Å². The highest BCUT2D eigenvalue weighted by Crippen LogP contribution is 2.29. The molecule has 1 heterocycles. The van der Waals surface area contributed by atoms with Gasteiger partial charge in [0, 0.05) is 0 Å². The first-order chi connectivity index (χ1) is 8.59. The summed E-state index contributed by atoms with van der Waals surface area (Å²) in [4.78, 5) is 13.9. The quantitative estimate of drug-likeness (QED) is 0.883. The molecule has 0 unspecified atom stereocenters. The molecule has 4 heteroatoms. The van der Waals surface area contributed by atoms with Gasteiger partial charge in [-0.05, 0) is 18.6 Å². The number of aliphatic hydroxyl groups is 1. The third kappa shape index (κ3) is 2.34. The van der Waals surface area contributed by atoms with Gasteiger partial charge < -0.3 is 14.7 Å². The molecule has 0 spiro atoms. The van der Waals surface area contributed by atoms with E-state index < -0.39 is 5.60 Å². The number of ether oxygens (including phenoxy) is 1. The van der Waals surface area contributed by atoms with Crippen LogP contribution in [0.15, 0.2) is 24.3 Å². The molecule has 18 heavy (non-hydrogen) atoms. The van der Waals surface area contributed by atoms with Crippen LogP contribution in [0.2, 0.25) is 0 Å². The predicted molar refractivity (Wildman–Crippen MR) is 68.8 cm³/mol. The Balaban J connectivity index is 2.06. The Morgan fingerprint density at radius 2 is 2.11 bits per heavy atom. The average Bonchev–Trinajstić information content (AvgIpc) is 2.35. The summed E-state index contributed by atoms with van der Waals surface area (Å²) in [5.41, 5.74) is -0.134. The van der Waals surface area contributed by atoms with E-state index in [0.29, 0.717) is 24.4 Å². The number of likely N-dealkylation sites (tertiary alicyclic amines) is 1. The van der Waals surface area contributed by atoms with E-state index in [1.807, 2.05) is 19.1 Å². The van der Waals surface area contributed by atoms with Crippen LogP contribution in [0.25, 0.3) is 0 Å².